The van der Waals surface area contributed by atoms with E-state index in [1.165, 1.54) is 11.8 Å². The quantitative estimate of drug-likeness (QED) is 0.821. The van der Waals surface area contributed by atoms with Gasteiger partial charge in [0.15, 0.2) is 5.82 Å². The zero-order valence-corrected chi connectivity index (χ0v) is 12.2. The van der Waals surface area contributed by atoms with E-state index in [9.17, 15) is 4.79 Å². The zero-order valence-electron chi connectivity index (χ0n) is 11.4. The van der Waals surface area contributed by atoms with Gasteiger partial charge in [-0.3, -0.25) is 9.78 Å². The van der Waals surface area contributed by atoms with E-state index in [1.54, 1.807) is 23.3 Å². The fourth-order valence-corrected chi connectivity index (χ4v) is 2.48. The van der Waals surface area contributed by atoms with E-state index in [2.05, 4.69) is 28.9 Å². The van der Waals surface area contributed by atoms with E-state index < -0.39 is 5.97 Å². The molecule has 2 aromatic heterocycles. The molecule has 7 heteroatoms. The molecule has 0 aliphatic rings. The molecule has 0 bridgehead atoms. The number of hydrogen-bond donors (Lipinski definition) is 1. The minimum Gasteiger partial charge on any atom is -0.481 e. The lowest BCUT2D eigenvalue weighted by atomic mass is 10.1. The first-order valence-electron chi connectivity index (χ1n) is 6.26. The maximum Gasteiger partial charge on any atom is 0.313 e. The number of carboxylic acid groups (broad SMARTS) is 1. The Labute approximate surface area is 121 Å². The second kappa shape index (κ2) is 6.51. The van der Waals surface area contributed by atoms with Crippen molar-refractivity contribution in [3.05, 3.63) is 30.4 Å². The zero-order chi connectivity index (χ0) is 14.5. The van der Waals surface area contributed by atoms with E-state index in [1.807, 2.05) is 6.07 Å². The number of rotatable bonds is 6. The van der Waals surface area contributed by atoms with E-state index in [0.717, 1.165) is 17.1 Å². The van der Waals surface area contributed by atoms with Crippen LogP contribution in [0.15, 0.2) is 29.7 Å². The van der Waals surface area contributed by atoms with Gasteiger partial charge in [0, 0.05) is 12.4 Å². The number of aromatic nitrogens is 4. The average molecular weight is 292 g/mol. The molecule has 1 N–H and O–H groups in total. The van der Waals surface area contributed by atoms with Crippen LogP contribution in [-0.2, 0) is 11.2 Å². The standard InChI is InChI=1S/C13H16N4O2S/c1-9(2)5-10-6-12(20-8-13(18)19)17(16-10)11-7-14-3-4-15-11/h3-4,6-7,9H,5,8H2,1-2H3,(H,18,19). The van der Waals surface area contributed by atoms with Gasteiger partial charge in [-0.15, -0.1) is 0 Å². The van der Waals surface area contributed by atoms with Gasteiger partial charge in [0.25, 0.3) is 0 Å². The van der Waals surface area contributed by atoms with Crippen LogP contribution >= 0.6 is 11.8 Å². The van der Waals surface area contributed by atoms with Crippen molar-refractivity contribution in [3.8, 4) is 5.82 Å². The molecule has 2 heterocycles. The summed E-state index contributed by atoms with van der Waals surface area (Å²) in [5.74, 6) is 0.216. The highest BCUT2D eigenvalue weighted by Crippen LogP contribution is 2.23. The highest BCUT2D eigenvalue weighted by atomic mass is 32.2. The first-order chi connectivity index (χ1) is 9.56. The van der Waals surface area contributed by atoms with Gasteiger partial charge in [0.2, 0.25) is 0 Å². The summed E-state index contributed by atoms with van der Waals surface area (Å²) in [5.41, 5.74) is 0.929. The molecule has 0 saturated carbocycles. The molecular formula is C13H16N4O2S. The molecule has 0 aromatic carbocycles. The molecule has 0 amide bonds. The molecule has 0 aliphatic heterocycles. The molecule has 106 valence electrons. The lowest BCUT2D eigenvalue weighted by molar-refractivity contribution is -0.133. The monoisotopic (exact) mass is 292 g/mol. The van der Waals surface area contributed by atoms with Crippen LogP contribution in [0.2, 0.25) is 0 Å². The molecule has 0 aliphatic carbocycles. The van der Waals surface area contributed by atoms with Crippen LogP contribution in [0, 0.1) is 5.92 Å². The van der Waals surface area contributed by atoms with Crippen molar-refractivity contribution in [3.63, 3.8) is 0 Å². The number of hydrogen-bond acceptors (Lipinski definition) is 5. The Bertz CT molecular complexity index is 583. The second-order valence-electron chi connectivity index (χ2n) is 4.73. The second-order valence-corrected chi connectivity index (χ2v) is 5.73. The Morgan fingerprint density at radius 3 is 2.85 bits per heavy atom. The summed E-state index contributed by atoms with van der Waals surface area (Å²) >= 11 is 1.23. The van der Waals surface area contributed by atoms with E-state index in [0.29, 0.717) is 11.7 Å². The molecule has 20 heavy (non-hydrogen) atoms. The van der Waals surface area contributed by atoms with Crippen LogP contribution in [0.5, 0.6) is 0 Å². The maximum atomic E-state index is 10.7. The first kappa shape index (κ1) is 14.5. The van der Waals surface area contributed by atoms with Crippen molar-refractivity contribution >= 4 is 17.7 Å². The fraction of sp³-hybridized carbons (Fsp3) is 0.385. The van der Waals surface area contributed by atoms with Crippen molar-refractivity contribution in [2.75, 3.05) is 5.75 Å². The maximum absolute atomic E-state index is 10.7. The molecule has 0 unspecified atom stereocenters. The van der Waals surface area contributed by atoms with Gasteiger partial charge in [-0.1, -0.05) is 25.6 Å². The summed E-state index contributed by atoms with van der Waals surface area (Å²) in [7, 11) is 0. The van der Waals surface area contributed by atoms with Gasteiger partial charge in [-0.2, -0.15) is 5.10 Å². The molecule has 2 aromatic rings. The number of carboxylic acids is 1. The van der Waals surface area contributed by atoms with Crippen molar-refractivity contribution in [2.24, 2.45) is 5.92 Å². The Morgan fingerprint density at radius 2 is 2.25 bits per heavy atom. The van der Waals surface area contributed by atoms with E-state index in [-0.39, 0.29) is 5.75 Å². The van der Waals surface area contributed by atoms with Crippen LogP contribution in [0.3, 0.4) is 0 Å². The molecule has 6 nitrogen and oxygen atoms in total. The largest absolute Gasteiger partial charge is 0.481 e. The number of aliphatic carboxylic acids is 1. The van der Waals surface area contributed by atoms with Crippen LogP contribution in [0.25, 0.3) is 5.82 Å². The van der Waals surface area contributed by atoms with Crippen LogP contribution < -0.4 is 0 Å². The molecule has 0 saturated heterocycles. The summed E-state index contributed by atoms with van der Waals surface area (Å²) < 4.78 is 1.65. The summed E-state index contributed by atoms with van der Waals surface area (Å²) in [4.78, 5) is 19.0. The normalized spacial score (nSPS) is 10.9. The highest BCUT2D eigenvalue weighted by molar-refractivity contribution is 7.99. The van der Waals surface area contributed by atoms with E-state index >= 15 is 0 Å². The summed E-state index contributed by atoms with van der Waals surface area (Å²) in [6.07, 6.45) is 5.63. The smallest absolute Gasteiger partial charge is 0.313 e. The van der Waals surface area contributed by atoms with Crippen molar-refractivity contribution < 1.29 is 9.90 Å². The van der Waals surface area contributed by atoms with Crippen LogP contribution in [0.1, 0.15) is 19.5 Å². The third kappa shape index (κ3) is 3.80. The Balaban J connectivity index is 2.31. The lowest BCUT2D eigenvalue weighted by Gasteiger charge is -2.04. The molecule has 0 atom stereocenters. The minimum absolute atomic E-state index is 0.00687. The predicted octanol–water partition coefficient (Wildman–Crippen LogP) is 2.04. The average Bonchev–Trinajstić information content (AvgIpc) is 2.79. The van der Waals surface area contributed by atoms with Crippen molar-refractivity contribution in [1.82, 2.24) is 19.7 Å². The molecule has 0 fully saturated rings. The SMILES string of the molecule is CC(C)Cc1cc(SCC(=O)O)n(-c2cnccn2)n1. The van der Waals surface area contributed by atoms with Crippen LogP contribution in [-0.4, -0.2) is 36.6 Å². The Kier molecular flexibility index (Phi) is 4.73. The van der Waals surface area contributed by atoms with Crippen molar-refractivity contribution in [2.45, 2.75) is 25.3 Å². The third-order valence-corrected chi connectivity index (χ3v) is 3.43. The fourth-order valence-electron chi connectivity index (χ4n) is 1.73. The summed E-state index contributed by atoms with van der Waals surface area (Å²) in [6.45, 7) is 4.23. The van der Waals surface area contributed by atoms with Gasteiger partial charge >= 0.3 is 5.97 Å². The number of thioether (sulfide) groups is 1. The summed E-state index contributed by atoms with van der Waals surface area (Å²) in [6, 6.07) is 1.92. The van der Waals surface area contributed by atoms with Gasteiger partial charge in [0.05, 0.1) is 17.6 Å². The Morgan fingerprint density at radius 1 is 1.45 bits per heavy atom. The van der Waals surface area contributed by atoms with E-state index in [4.69, 9.17) is 5.11 Å². The molecule has 2 rings (SSSR count). The predicted molar refractivity (Wildman–Crippen MR) is 76.1 cm³/mol. The molecule has 0 spiro atoms. The summed E-state index contributed by atoms with van der Waals surface area (Å²) in [5, 5.41) is 14.1. The lowest BCUT2D eigenvalue weighted by Crippen LogP contribution is -2.04. The number of carbonyl (C=O) groups is 1. The molecular weight excluding hydrogens is 276 g/mol. The highest BCUT2D eigenvalue weighted by Gasteiger charge is 2.13. The van der Waals surface area contributed by atoms with Gasteiger partial charge in [-0.25, -0.2) is 9.67 Å². The minimum atomic E-state index is -0.854. The van der Waals surface area contributed by atoms with Gasteiger partial charge in [-0.05, 0) is 18.4 Å². The first-order valence-corrected chi connectivity index (χ1v) is 7.24. The van der Waals surface area contributed by atoms with Gasteiger partial charge < -0.3 is 5.11 Å². The van der Waals surface area contributed by atoms with Crippen LogP contribution in [0.4, 0.5) is 0 Å². The van der Waals surface area contributed by atoms with Crippen molar-refractivity contribution in [1.29, 1.82) is 0 Å². The topological polar surface area (TPSA) is 80.9 Å². The number of nitrogens with zero attached hydrogens (tertiary/aromatic N) is 4. The Hall–Kier alpha value is -1.89. The third-order valence-electron chi connectivity index (χ3n) is 2.45. The van der Waals surface area contributed by atoms with Gasteiger partial charge in [0.1, 0.15) is 5.03 Å². The molecule has 0 radical (unpaired) electrons.